The van der Waals surface area contributed by atoms with Crippen LogP contribution in [0.15, 0.2) is 16.3 Å². The molecular formula is C11H13N3O4S2. The lowest BCUT2D eigenvalue weighted by Gasteiger charge is -2.15. The van der Waals surface area contributed by atoms with Crippen LogP contribution in [0.1, 0.15) is 11.3 Å². The van der Waals surface area contributed by atoms with Crippen molar-refractivity contribution in [2.45, 2.75) is 16.7 Å². The molecule has 1 aliphatic rings. The third-order valence-corrected chi connectivity index (χ3v) is 6.27. The van der Waals surface area contributed by atoms with Crippen molar-refractivity contribution < 1.29 is 17.9 Å². The fraction of sp³-hybridized carbons (Fsp3) is 0.455. The van der Waals surface area contributed by atoms with Gasteiger partial charge in [-0.25, -0.2) is 13.2 Å². The summed E-state index contributed by atoms with van der Waals surface area (Å²) in [5.41, 5.74) is 0. The fourth-order valence-electron chi connectivity index (χ4n) is 1.94. The Bertz CT molecular complexity index is 647. The summed E-state index contributed by atoms with van der Waals surface area (Å²) in [5.74, 6) is 0. The topological polar surface area (TPSA) is 99.5 Å². The summed E-state index contributed by atoms with van der Waals surface area (Å²) in [5, 5.41) is 11.3. The Kier molecular flexibility index (Phi) is 4.27. The lowest BCUT2D eigenvalue weighted by molar-refractivity contribution is 0.167. The fourth-order valence-corrected chi connectivity index (χ4v) is 4.69. The van der Waals surface area contributed by atoms with Gasteiger partial charge < -0.3 is 10.1 Å². The molecule has 9 heteroatoms. The number of hydrogen-bond donors (Lipinski definition) is 1. The second kappa shape index (κ2) is 5.78. The van der Waals surface area contributed by atoms with E-state index in [-0.39, 0.29) is 16.8 Å². The first kappa shape index (κ1) is 14.8. The average molecular weight is 315 g/mol. The van der Waals surface area contributed by atoms with Gasteiger partial charge in [-0.15, -0.1) is 11.3 Å². The molecule has 1 aromatic heterocycles. The minimum Gasteiger partial charge on any atom is -0.453 e. The van der Waals surface area contributed by atoms with E-state index in [1.165, 1.54) is 23.5 Å². The first-order valence-corrected chi connectivity index (χ1v) is 8.07. The van der Waals surface area contributed by atoms with E-state index < -0.39 is 16.1 Å². The number of rotatable bonds is 3. The molecule has 1 atom stereocenters. The molecule has 0 aliphatic carbocycles. The van der Waals surface area contributed by atoms with Crippen LogP contribution in [0, 0.1) is 11.3 Å². The molecule has 108 valence electrons. The molecule has 1 N–H and O–H groups in total. The van der Waals surface area contributed by atoms with Gasteiger partial charge in [-0.3, -0.25) is 0 Å². The number of sulfonamides is 1. The van der Waals surface area contributed by atoms with Gasteiger partial charge in [0.15, 0.2) is 0 Å². The van der Waals surface area contributed by atoms with Crippen LogP contribution in [0.4, 0.5) is 4.79 Å². The summed E-state index contributed by atoms with van der Waals surface area (Å²) in [6.45, 7) is 0.536. The molecule has 0 bridgehead atoms. The standard InChI is InChI=1S/C11H13N3O4S2/c1-18-11(15)13-8-4-5-14(7-8)20(16,17)10-3-2-9(6-12)19-10/h2-3,8H,4-5,7H2,1H3,(H,13,15). The molecule has 0 radical (unpaired) electrons. The lowest BCUT2D eigenvalue weighted by Crippen LogP contribution is -2.38. The van der Waals surface area contributed by atoms with Crippen molar-refractivity contribution >= 4 is 27.5 Å². The van der Waals surface area contributed by atoms with E-state index in [1.54, 1.807) is 0 Å². The monoisotopic (exact) mass is 315 g/mol. The zero-order valence-corrected chi connectivity index (χ0v) is 12.3. The number of carbonyl (C=O) groups excluding carboxylic acids is 1. The van der Waals surface area contributed by atoms with Crippen LogP contribution in [0.5, 0.6) is 0 Å². The van der Waals surface area contributed by atoms with Crippen molar-refractivity contribution in [1.82, 2.24) is 9.62 Å². The van der Waals surface area contributed by atoms with Crippen molar-refractivity contribution in [2.24, 2.45) is 0 Å². The van der Waals surface area contributed by atoms with Gasteiger partial charge in [-0.1, -0.05) is 0 Å². The molecule has 1 saturated heterocycles. The predicted molar refractivity (Wildman–Crippen MR) is 71.7 cm³/mol. The summed E-state index contributed by atoms with van der Waals surface area (Å²) >= 11 is 0.944. The number of ether oxygens (including phenoxy) is 1. The molecule has 7 nitrogen and oxygen atoms in total. The van der Waals surface area contributed by atoms with Crippen molar-refractivity contribution in [3.05, 3.63) is 17.0 Å². The van der Waals surface area contributed by atoms with Crippen LogP contribution >= 0.6 is 11.3 Å². The minimum absolute atomic E-state index is 0.146. The van der Waals surface area contributed by atoms with E-state index in [9.17, 15) is 13.2 Å². The molecule has 0 aromatic carbocycles. The van der Waals surface area contributed by atoms with Crippen LogP contribution in [0.3, 0.4) is 0 Å². The Hall–Kier alpha value is -1.63. The van der Waals surface area contributed by atoms with Gasteiger partial charge in [0.2, 0.25) is 0 Å². The average Bonchev–Trinajstić information content (AvgIpc) is 3.07. The highest BCUT2D eigenvalue weighted by atomic mass is 32.2. The number of thiophene rings is 1. The normalized spacial score (nSPS) is 19.5. The SMILES string of the molecule is COC(=O)NC1CCN(S(=O)(=O)c2ccc(C#N)s2)C1. The minimum atomic E-state index is -3.59. The molecule has 1 fully saturated rings. The van der Waals surface area contributed by atoms with Crippen molar-refractivity contribution in [3.63, 3.8) is 0 Å². The number of hydrogen-bond acceptors (Lipinski definition) is 6. The molecule has 2 rings (SSSR count). The quantitative estimate of drug-likeness (QED) is 0.887. The molecule has 20 heavy (non-hydrogen) atoms. The summed E-state index contributed by atoms with van der Waals surface area (Å²) in [6, 6.07) is 4.57. The second-order valence-corrected chi connectivity index (χ2v) is 7.46. The van der Waals surface area contributed by atoms with Crippen LogP contribution in [-0.4, -0.2) is 45.1 Å². The number of carbonyl (C=O) groups is 1. The third-order valence-electron chi connectivity index (χ3n) is 2.94. The van der Waals surface area contributed by atoms with E-state index in [0.717, 1.165) is 11.3 Å². The Balaban J connectivity index is 2.09. The van der Waals surface area contributed by atoms with E-state index in [2.05, 4.69) is 10.1 Å². The highest BCUT2D eigenvalue weighted by Gasteiger charge is 2.34. The zero-order valence-electron chi connectivity index (χ0n) is 10.7. The molecule has 1 unspecified atom stereocenters. The number of nitriles is 1. The van der Waals surface area contributed by atoms with Crippen molar-refractivity contribution in [2.75, 3.05) is 20.2 Å². The predicted octanol–water partition coefficient (Wildman–Crippen LogP) is 0.739. The smallest absolute Gasteiger partial charge is 0.407 e. The highest BCUT2D eigenvalue weighted by Crippen LogP contribution is 2.27. The number of nitrogens with one attached hydrogen (secondary N) is 1. The molecule has 0 spiro atoms. The highest BCUT2D eigenvalue weighted by molar-refractivity contribution is 7.91. The third kappa shape index (κ3) is 2.92. The summed E-state index contributed by atoms with van der Waals surface area (Å²) < 4.78 is 30.6. The Morgan fingerprint density at radius 3 is 2.95 bits per heavy atom. The van der Waals surface area contributed by atoms with Gasteiger partial charge in [0.1, 0.15) is 15.2 Å². The maximum atomic E-state index is 12.3. The van der Waals surface area contributed by atoms with Crippen molar-refractivity contribution in [1.29, 1.82) is 5.26 Å². The number of nitrogens with zero attached hydrogens (tertiary/aromatic N) is 2. The number of alkyl carbamates (subject to hydrolysis) is 1. The van der Waals surface area contributed by atoms with Gasteiger partial charge in [0.25, 0.3) is 10.0 Å². The second-order valence-electron chi connectivity index (χ2n) is 4.22. The number of methoxy groups -OCH3 is 1. The molecule has 1 aromatic rings. The summed E-state index contributed by atoms with van der Waals surface area (Å²) in [6.07, 6.45) is -0.0395. The van der Waals surface area contributed by atoms with Gasteiger partial charge in [0.05, 0.1) is 7.11 Å². The van der Waals surface area contributed by atoms with Crippen LogP contribution in [0.2, 0.25) is 0 Å². The lowest BCUT2D eigenvalue weighted by atomic mass is 10.3. The number of amides is 1. The van der Waals surface area contributed by atoms with Gasteiger partial charge in [-0.2, -0.15) is 9.57 Å². The molecule has 2 heterocycles. The van der Waals surface area contributed by atoms with Crippen LogP contribution < -0.4 is 5.32 Å². The molecule has 1 aliphatic heterocycles. The van der Waals surface area contributed by atoms with E-state index in [4.69, 9.17) is 5.26 Å². The van der Waals surface area contributed by atoms with Crippen LogP contribution in [0.25, 0.3) is 0 Å². The molecule has 0 saturated carbocycles. The largest absolute Gasteiger partial charge is 0.453 e. The Morgan fingerprint density at radius 2 is 2.35 bits per heavy atom. The summed E-state index contributed by atoms with van der Waals surface area (Å²) in [7, 11) is -2.34. The van der Waals surface area contributed by atoms with E-state index in [1.807, 2.05) is 6.07 Å². The van der Waals surface area contributed by atoms with E-state index in [0.29, 0.717) is 17.8 Å². The first-order chi connectivity index (χ1) is 9.47. The Morgan fingerprint density at radius 1 is 1.60 bits per heavy atom. The van der Waals surface area contributed by atoms with Gasteiger partial charge in [-0.05, 0) is 18.6 Å². The van der Waals surface area contributed by atoms with Gasteiger partial charge in [0, 0.05) is 19.1 Å². The van der Waals surface area contributed by atoms with Crippen molar-refractivity contribution in [3.8, 4) is 6.07 Å². The van der Waals surface area contributed by atoms with Gasteiger partial charge >= 0.3 is 6.09 Å². The van der Waals surface area contributed by atoms with E-state index >= 15 is 0 Å². The first-order valence-electron chi connectivity index (χ1n) is 5.82. The zero-order chi connectivity index (χ0) is 14.8. The van der Waals surface area contributed by atoms with Crippen LogP contribution in [-0.2, 0) is 14.8 Å². The Labute approximate surface area is 120 Å². The molecule has 1 amide bonds. The maximum Gasteiger partial charge on any atom is 0.407 e. The summed E-state index contributed by atoms with van der Waals surface area (Å²) in [4.78, 5) is 11.5. The maximum absolute atomic E-state index is 12.3. The molecular weight excluding hydrogens is 302 g/mol.